The monoisotopic (exact) mass is 221 g/mol. The molecule has 0 saturated carbocycles. The Morgan fingerprint density at radius 1 is 1.56 bits per heavy atom. The average molecular weight is 221 g/mol. The number of carbonyl (C=O) groups is 1. The van der Waals surface area contributed by atoms with Crippen molar-refractivity contribution in [2.45, 2.75) is 13.0 Å². The van der Waals surface area contributed by atoms with Crippen LogP contribution in [0.3, 0.4) is 0 Å². The van der Waals surface area contributed by atoms with Crippen molar-refractivity contribution in [3.8, 4) is 5.75 Å². The predicted molar refractivity (Wildman–Crippen MR) is 60.8 cm³/mol. The lowest BCUT2D eigenvalue weighted by molar-refractivity contribution is -0.151. The maximum atomic E-state index is 11.6. The molecule has 86 valence electrons. The van der Waals surface area contributed by atoms with Crippen molar-refractivity contribution >= 4 is 11.7 Å². The van der Waals surface area contributed by atoms with E-state index in [4.69, 9.17) is 9.47 Å². The van der Waals surface area contributed by atoms with E-state index in [1.165, 1.54) is 0 Å². The molecular weight excluding hydrogens is 206 g/mol. The van der Waals surface area contributed by atoms with Crippen LogP contribution in [0.1, 0.15) is 6.92 Å². The number of para-hydroxylation sites is 2. The molecule has 1 aromatic rings. The summed E-state index contributed by atoms with van der Waals surface area (Å²) in [4.78, 5) is 13.6. The molecule has 0 aromatic heterocycles. The normalized spacial score (nSPS) is 18.6. The Labute approximate surface area is 94.8 Å². The van der Waals surface area contributed by atoms with Crippen molar-refractivity contribution in [3.05, 3.63) is 24.3 Å². The van der Waals surface area contributed by atoms with E-state index in [0.717, 1.165) is 11.4 Å². The van der Waals surface area contributed by atoms with Gasteiger partial charge in [0.05, 0.1) is 18.8 Å². The van der Waals surface area contributed by atoms with Gasteiger partial charge in [0.2, 0.25) is 6.10 Å². The summed E-state index contributed by atoms with van der Waals surface area (Å²) in [7, 11) is 1.94. The number of ether oxygens (including phenoxy) is 2. The molecule has 0 radical (unpaired) electrons. The molecule has 1 aliphatic rings. The Hall–Kier alpha value is -1.71. The van der Waals surface area contributed by atoms with Crippen LogP contribution in [0.4, 0.5) is 5.69 Å². The third kappa shape index (κ3) is 1.96. The molecule has 0 amide bonds. The lowest BCUT2D eigenvalue weighted by Gasteiger charge is -2.32. The molecule has 0 saturated heterocycles. The summed E-state index contributed by atoms with van der Waals surface area (Å²) in [5.41, 5.74) is 1.00. The molecule has 16 heavy (non-hydrogen) atoms. The first kappa shape index (κ1) is 10.8. The van der Waals surface area contributed by atoms with Gasteiger partial charge in [0.1, 0.15) is 5.75 Å². The molecule has 0 bridgehead atoms. The molecule has 1 aromatic carbocycles. The van der Waals surface area contributed by atoms with E-state index in [1.54, 1.807) is 6.92 Å². The minimum Gasteiger partial charge on any atom is -0.475 e. The number of likely N-dealkylation sites (N-methyl/N-ethyl adjacent to an activating group) is 1. The first-order chi connectivity index (χ1) is 7.72. The van der Waals surface area contributed by atoms with Crippen LogP contribution in [0.2, 0.25) is 0 Å². The van der Waals surface area contributed by atoms with Crippen LogP contribution in [0, 0.1) is 0 Å². The highest BCUT2D eigenvalue weighted by Gasteiger charge is 2.29. The summed E-state index contributed by atoms with van der Waals surface area (Å²) in [6.07, 6.45) is -0.528. The SMILES string of the molecule is CCOC(=O)[C@@H]1CN(C)c2ccccc2O1. The maximum Gasteiger partial charge on any atom is 0.349 e. The third-order valence-corrected chi connectivity index (χ3v) is 2.53. The largest absolute Gasteiger partial charge is 0.475 e. The Bertz CT molecular complexity index is 392. The first-order valence-electron chi connectivity index (χ1n) is 5.36. The van der Waals surface area contributed by atoms with Crippen LogP contribution < -0.4 is 9.64 Å². The standard InChI is InChI=1S/C12H15NO3/c1-3-15-12(14)11-8-13(2)9-6-4-5-7-10(9)16-11/h4-7,11H,3,8H2,1-2H3/t11-/m0/s1. The summed E-state index contributed by atoms with van der Waals surface area (Å²) < 4.78 is 10.6. The number of hydrogen-bond acceptors (Lipinski definition) is 4. The molecule has 1 aliphatic heterocycles. The molecule has 2 rings (SSSR count). The Morgan fingerprint density at radius 2 is 2.31 bits per heavy atom. The van der Waals surface area contributed by atoms with Crippen molar-refractivity contribution in [3.63, 3.8) is 0 Å². The highest BCUT2D eigenvalue weighted by molar-refractivity contribution is 5.78. The van der Waals surface area contributed by atoms with Gasteiger partial charge >= 0.3 is 5.97 Å². The van der Waals surface area contributed by atoms with Crippen LogP contribution in [0.15, 0.2) is 24.3 Å². The molecular formula is C12H15NO3. The maximum absolute atomic E-state index is 11.6. The molecule has 4 heteroatoms. The summed E-state index contributed by atoms with van der Waals surface area (Å²) in [6, 6.07) is 7.66. The van der Waals surface area contributed by atoms with E-state index < -0.39 is 6.10 Å². The Kier molecular flexibility index (Phi) is 2.99. The van der Waals surface area contributed by atoms with Gasteiger partial charge in [0.15, 0.2) is 0 Å². The lowest BCUT2D eigenvalue weighted by Crippen LogP contribution is -2.43. The van der Waals surface area contributed by atoms with Gasteiger partial charge in [-0.05, 0) is 19.1 Å². The summed E-state index contributed by atoms with van der Waals surface area (Å²) in [6.45, 7) is 2.69. The fourth-order valence-electron chi connectivity index (χ4n) is 1.77. The first-order valence-corrected chi connectivity index (χ1v) is 5.36. The van der Waals surface area contributed by atoms with Gasteiger partial charge in [0.25, 0.3) is 0 Å². The quantitative estimate of drug-likeness (QED) is 0.708. The van der Waals surface area contributed by atoms with E-state index in [2.05, 4.69) is 0 Å². The summed E-state index contributed by atoms with van der Waals surface area (Å²) in [5.74, 6) is 0.429. The summed E-state index contributed by atoms with van der Waals surface area (Å²) in [5, 5.41) is 0. The highest BCUT2D eigenvalue weighted by atomic mass is 16.6. The van der Waals surface area contributed by atoms with Crippen LogP contribution >= 0.6 is 0 Å². The topological polar surface area (TPSA) is 38.8 Å². The van der Waals surface area contributed by atoms with Crippen molar-refractivity contribution in [2.24, 2.45) is 0 Å². The van der Waals surface area contributed by atoms with Crippen molar-refractivity contribution in [2.75, 3.05) is 25.1 Å². The van der Waals surface area contributed by atoms with Crippen LogP contribution in [0.25, 0.3) is 0 Å². The zero-order chi connectivity index (χ0) is 11.5. The minimum atomic E-state index is -0.528. The van der Waals surface area contributed by atoms with Gasteiger partial charge < -0.3 is 14.4 Å². The van der Waals surface area contributed by atoms with E-state index in [0.29, 0.717) is 13.2 Å². The number of fused-ring (bicyclic) bond motifs is 1. The molecule has 0 fully saturated rings. The number of hydrogen-bond donors (Lipinski definition) is 0. The van der Waals surface area contributed by atoms with Crippen LogP contribution in [-0.4, -0.2) is 32.3 Å². The molecule has 0 N–H and O–H groups in total. The lowest BCUT2D eigenvalue weighted by atomic mass is 10.2. The Balaban J connectivity index is 2.18. The van der Waals surface area contributed by atoms with Gasteiger partial charge in [-0.25, -0.2) is 4.79 Å². The zero-order valence-electron chi connectivity index (χ0n) is 9.47. The fraction of sp³-hybridized carbons (Fsp3) is 0.417. The van der Waals surface area contributed by atoms with Crippen molar-refractivity contribution < 1.29 is 14.3 Å². The average Bonchev–Trinajstić information content (AvgIpc) is 2.29. The second-order valence-electron chi connectivity index (χ2n) is 3.71. The number of rotatable bonds is 2. The number of nitrogens with zero attached hydrogens (tertiary/aromatic N) is 1. The number of benzene rings is 1. The van der Waals surface area contributed by atoms with Gasteiger partial charge in [-0.3, -0.25) is 0 Å². The van der Waals surface area contributed by atoms with E-state index in [-0.39, 0.29) is 5.97 Å². The van der Waals surface area contributed by atoms with Gasteiger partial charge in [-0.2, -0.15) is 0 Å². The summed E-state index contributed by atoms with van der Waals surface area (Å²) >= 11 is 0. The molecule has 1 heterocycles. The van der Waals surface area contributed by atoms with Crippen molar-refractivity contribution in [1.82, 2.24) is 0 Å². The van der Waals surface area contributed by atoms with E-state index >= 15 is 0 Å². The van der Waals surface area contributed by atoms with Crippen LogP contribution in [0.5, 0.6) is 5.75 Å². The van der Waals surface area contributed by atoms with Gasteiger partial charge in [-0.15, -0.1) is 0 Å². The zero-order valence-corrected chi connectivity index (χ0v) is 9.47. The fourth-order valence-corrected chi connectivity index (χ4v) is 1.77. The number of carbonyl (C=O) groups excluding carboxylic acids is 1. The van der Waals surface area contributed by atoms with E-state index in [9.17, 15) is 4.79 Å². The van der Waals surface area contributed by atoms with Gasteiger partial charge in [0, 0.05) is 7.05 Å². The second-order valence-corrected chi connectivity index (χ2v) is 3.71. The van der Waals surface area contributed by atoms with Gasteiger partial charge in [-0.1, -0.05) is 12.1 Å². The third-order valence-electron chi connectivity index (χ3n) is 2.53. The smallest absolute Gasteiger partial charge is 0.349 e. The van der Waals surface area contributed by atoms with E-state index in [1.807, 2.05) is 36.2 Å². The van der Waals surface area contributed by atoms with Crippen LogP contribution in [-0.2, 0) is 9.53 Å². The Morgan fingerprint density at radius 3 is 3.06 bits per heavy atom. The molecule has 1 atom stereocenters. The molecule has 4 nitrogen and oxygen atoms in total. The van der Waals surface area contributed by atoms with Crippen molar-refractivity contribution in [1.29, 1.82) is 0 Å². The predicted octanol–water partition coefficient (Wildman–Crippen LogP) is 1.45. The second kappa shape index (κ2) is 4.43. The molecule has 0 aliphatic carbocycles. The number of anilines is 1. The molecule has 0 unspecified atom stereocenters. The number of esters is 1. The highest BCUT2D eigenvalue weighted by Crippen LogP contribution is 2.31. The minimum absolute atomic E-state index is 0.302. The molecule has 0 spiro atoms.